The van der Waals surface area contributed by atoms with E-state index in [4.69, 9.17) is 14.6 Å². The summed E-state index contributed by atoms with van der Waals surface area (Å²) in [4.78, 5) is 27.4. The van der Waals surface area contributed by atoms with E-state index in [9.17, 15) is 18.0 Å². The van der Waals surface area contributed by atoms with E-state index in [0.29, 0.717) is 17.7 Å². The maximum absolute atomic E-state index is 12.3. The fourth-order valence-corrected chi connectivity index (χ4v) is 4.07. The van der Waals surface area contributed by atoms with Crippen molar-refractivity contribution in [3.63, 3.8) is 0 Å². The Morgan fingerprint density at radius 2 is 2.04 bits per heavy atom. The molecule has 1 saturated heterocycles. The van der Waals surface area contributed by atoms with Crippen LogP contribution in [-0.4, -0.2) is 52.7 Å². The summed E-state index contributed by atoms with van der Waals surface area (Å²) in [5, 5.41) is 7.12. The number of hydrogen-bond donors (Lipinski definition) is 1. The predicted octanol–water partition coefficient (Wildman–Crippen LogP) is 3.13. The smallest absolute Gasteiger partial charge is 0.490 e. The predicted molar refractivity (Wildman–Crippen MR) is 92.5 cm³/mol. The number of amides is 1. The number of hydrogen-bond acceptors (Lipinski definition) is 4. The molecule has 0 aromatic carbocycles. The second kappa shape index (κ2) is 7.97. The van der Waals surface area contributed by atoms with Crippen LogP contribution >= 0.6 is 0 Å². The third-order valence-corrected chi connectivity index (χ3v) is 5.68. The maximum Gasteiger partial charge on any atom is 0.490 e. The average molecular weight is 400 g/mol. The first-order valence-corrected chi connectivity index (χ1v) is 9.33. The highest BCUT2D eigenvalue weighted by Gasteiger charge is 2.52. The van der Waals surface area contributed by atoms with Gasteiger partial charge in [-0.15, -0.1) is 0 Å². The molecule has 2 saturated carbocycles. The van der Waals surface area contributed by atoms with E-state index < -0.39 is 12.1 Å². The summed E-state index contributed by atoms with van der Waals surface area (Å²) < 4.78 is 37.7. The van der Waals surface area contributed by atoms with Gasteiger partial charge in [0.1, 0.15) is 5.75 Å². The number of carboxylic acid groups (broad SMARTS) is 1. The Balaban J connectivity index is 0.000000279. The summed E-state index contributed by atoms with van der Waals surface area (Å²) in [7, 11) is 0. The number of fused-ring (bicyclic) bond motifs is 1. The van der Waals surface area contributed by atoms with Crippen molar-refractivity contribution in [2.24, 2.45) is 17.3 Å². The van der Waals surface area contributed by atoms with Crippen LogP contribution in [0.25, 0.3) is 0 Å². The monoisotopic (exact) mass is 400 g/mol. The molecule has 3 aliphatic rings. The minimum absolute atomic E-state index is 0.181. The van der Waals surface area contributed by atoms with Crippen molar-refractivity contribution >= 4 is 11.9 Å². The molecule has 1 N–H and O–H groups in total. The molecule has 1 aromatic heterocycles. The van der Waals surface area contributed by atoms with E-state index in [1.807, 2.05) is 12.1 Å². The molecule has 0 unspecified atom stereocenters. The highest BCUT2D eigenvalue weighted by molar-refractivity contribution is 5.81. The van der Waals surface area contributed by atoms with Crippen molar-refractivity contribution in [1.29, 1.82) is 0 Å². The highest BCUT2D eigenvalue weighted by atomic mass is 19.4. The van der Waals surface area contributed by atoms with Crippen LogP contribution in [-0.2, 0) is 9.59 Å². The second-order valence-electron chi connectivity index (χ2n) is 7.72. The average Bonchev–Trinajstić information content (AvgIpc) is 3.33. The quantitative estimate of drug-likeness (QED) is 0.840. The summed E-state index contributed by atoms with van der Waals surface area (Å²) in [5.41, 5.74) is 0.181. The molecule has 1 aliphatic heterocycles. The summed E-state index contributed by atoms with van der Waals surface area (Å²) in [6.07, 6.45) is 4.33. The molecule has 2 aliphatic carbocycles. The largest absolute Gasteiger partial charge is 0.491 e. The van der Waals surface area contributed by atoms with Gasteiger partial charge in [0.05, 0.1) is 12.8 Å². The molecular weight excluding hydrogens is 377 g/mol. The van der Waals surface area contributed by atoms with Gasteiger partial charge in [0.15, 0.2) is 0 Å². The van der Waals surface area contributed by atoms with Gasteiger partial charge >= 0.3 is 12.1 Å². The number of carbonyl (C=O) groups excluding carboxylic acids is 1. The Hall–Kier alpha value is -2.32. The number of aromatic nitrogens is 1. The lowest BCUT2D eigenvalue weighted by atomic mass is 9.81. The number of likely N-dealkylation sites (tertiary alicyclic amines) is 1. The van der Waals surface area contributed by atoms with E-state index in [1.54, 1.807) is 12.4 Å². The lowest BCUT2D eigenvalue weighted by Gasteiger charge is -2.28. The lowest BCUT2D eigenvalue weighted by molar-refractivity contribution is -0.192. The number of nitrogens with zero attached hydrogens (tertiary/aromatic N) is 2. The van der Waals surface area contributed by atoms with E-state index >= 15 is 0 Å². The van der Waals surface area contributed by atoms with Crippen molar-refractivity contribution < 1.29 is 32.6 Å². The molecule has 28 heavy (non-hydrogen) atoms. The van der Waals surface area contributed by atoms with Gasteiger partial charge in [-0.05, 0) is 43.7 Å². The van der Waals surface area contributed by atoms with Crippen molar-refractivity contribution in [3.05, 3.63) is 24.5 Å². The number of ether oxygens (including phenoxy) is 1. The minimum atomic E-state index is -5.08. The van der Waals surface area contributed by atoms with Crippen LogP contribution < -0.4 is 4.74 Å². The fraction of sp³-hybridized carbons (Fsp3) is 0.632. The van der Waals surface area contributed by atoms with E-state index in [0.717, 1.165) is 38.3 Å². The molecule has 2 heterocycles. The van der Waals surface area contributed by atoms with Gasteiger partial charge in [-0.3, -0.25) is 9.78 Å². The van der Waals surface area contributed by atoms with E-state index in [-0.39, 0.29) is 5.41 Å². The number of halogens is 3. The van der Waals surface area contributed by atoms with Crippen LogP contribution in [0, 0.1) is 17.3 Å². The molecule has 2 atom stereocenters. The third-order valence-electron chi connectivity index (χ3n) is 5.68. The van der Waals surface area contributed by atoms with Gasteiger partial charge in [0.2, 0.25) is 5.91 Å². The number of carbonyl (C=O) groups is 2. The molecule has 0 radical (unpaired) electrons. The fourth-order valence-electron chi connectivity index (χ4n) is 4.07. The molecule has 154 valence electrons. The third kappa shape index (κ3) is 4.74. The standard InChI is InChI=1S/C17H22N2O2.C2HF3O2/c20-16(13-5-6-13)19-10-14-3-1-7-17(14,11-19)12-21-15-4-2-8-18-9-15;3-2(4,5)1(6)7/h2,4,8-9,13-14H,1,3,5-7,10-12H2;(H,6,7)/t14-,17+;/m1./s1. The zero-order valence-corrected chi connectivity index (χ0v) is 15.3. The Morgan fingerprint density at radius 1 is 1.32 bits per heavy atom. The van der Waals surface area contributed by atoms with E-state index in [1.165, 1.54) is 19.3 Å². The van der Waals surface area contributed by atoms with Gasteiger partial charge in [-0.25, -0.2) is 4.79 Å². The van der Waals surface area contributed by atoms with Crippen molar-refractivity contribution in [2.45, 2.75) is 38.3 Å². The van der Waals surface area contributed by atoms with Crippen LogP contribution in [0.15, 0.2) is 24.5 Å². The normalized spacial score (nSPS) is 26.2. The summed E-state index contributed by atoms with van der Waals surface area (Å²) in [5.74, 6) is -0.570. The highest BCUT2D eigenvalue weighted by Crippen LogP contribution is 2.50. The summed E-state index contributed by atoms with van der Waals surface area (Å²) in [6, 6.07) is 3.85. The maximum atomic E-state index is 12.3. The van der Waals surface area contributed by atoms with Gasteiger partial charge in [-0.2, -0.15) is 13.2 Å². The first-order chi connectivity index (χ1) is 13.2. The van der Waals surface area contributed by atoms with Crippen molar-refractivity contribution in [3.8, 4) is 5.75 Å². The molecular formula is C19H23F3N2O4. The molecule has 6 nitrogen and oxygen atoms in total. The number of pyridine rings is 1. The number of alkyl halides is 3. The lowest BCUT2D eigenvalue weighted by Crippen LogP contribution is -2.36. The number of rotatable bonds is 4. The molecule has 0 spiro atoms. The first kappa shape index (κ1) is 20.4. The molecule has 0 bridgehead atoms. The molecule has 3 fully saturated rings. The first-order valence-electron chi connectivity index (χ1n) is 9.33. The molecule has 1 amide bonds. The van der Waals surface area contributed by atoms with E-state index in [2.05, 4.69) is 9.88 Å². The van der Waals surface area contributed by atoms with Crippen LogP contribution in [0.3, 0.4) is 0 Å². The summed E-state index contributed by atoms with van der Waals surface area (Å²) >= 11 is 0. The van der Waals surface area contributed by atoms with Crippen LogP contribution in [0.5, 0.6) is 5.75 Å². The Kier molecular flexibility index (Phi) is 5.81. The Labute approximate surface area is 160 Å². The van der Waals surface area contributed by atoms with Crippen molar-refractivity contribution in [2.75, 3.05) is 19.7 Å². The van der Waals surface area contributed by atoms with Crippen LogP contribution in [0.4, 0.5) is 13.2 Å². The van der Waals surface area contributed by atoms with Gasteiger partial charge < -0.3 is 14.7 Å². The Bertz CT molecular complexity index is 709. The SMILES string of the molecule is O=C(C1CC1)N1C[C@H]2CCC[C@@]2(COc2cccnc2)C1.O=C(O)C(F)(F)F. The Morgan fingerprint density at radius 3 is 2.61 bits per heavy atom. The van der Waals surface area contributed by atoms with Gasteiger partial charge in [-0.1, -0.05) is 6.42 Å². The molecule has 1 aromatic rings. The topological polar surface area (TPSA) is 79.7 Å². The zero-order chi connectivity index (χ0) is 20.4. The van der Waals surface area contributed by atoms with Gasteiger partial charge in [0, 0.05) is 30.6 Å². The second-order valence-corrected chi connectivity index (χ2v) is 7.72. The van der Waals surface area contributed by atoms with Gasteiger partial charge in [0.25, 0.3) is 0 Å². The zero-order valence-electron chi connectivity index (χ0n) is 15.3. The van der Waals surface area contributed by atoms with Crippen LogP contribution in [0.1, 0.15) is 32.1 Å². The van der Waals surface area contributed by atoms with Crippen LogP contribution in [0.2, 0.25) is 0 Å². The number of aliphatic carboxylic acids is 1. The number of carboxylic acids is 1. The molecule has 9 heteroatoms. The molecule has 4 rings (SSSR count). The minimum Gasteiger partial charge on any atom is -0.491 e. The van der Waals surface area contributed by atoms with Crippen molar-refractivity contribution in [1.82, 2.24) is 9.88 Å². The summed E-state index contributed by atoms with van der Waals surface area (Å²) in [6.45, 7) is 2.57.